The molecule has 0 radical (unpaired) electrons. The monoisotopic (exact) mass is 302 g/mol. The first-order valence-electron chi connectivity index (χ1n) is 4.56. The zero-order chi connectivity index (χ0) is 10.6. The van der Waals surface area contributed by atoms with E-state index in [1.54, 1.807) is 0 Å². The summed E-state index contributed by atoms with van der Waals surface area (Å²) in [7, 11) is 0. The van der Waals surface area contributed by atoms with Crippen LogP contribution in [0.5, 0.6) is 0 Å². The minimum Gasteiger partial charge on any atom is -0.399 e. The standard InChI is InChI=1S/C11H15IN2/c1-3-4-8(2)14-11-6-5-9(13)7-10(11)12/h3,5-8,14H,1,4,13H2,2H3. The van der Waals surface area contributed by atoms with E-state index < -0.39 is 0 Å². The Morgan fingerprint density at radius 2 is 2.36 bits per heavy atom. The quantitative estimate of drug-likeness (QED) is 0.509. The maximum atomic E-state index is 5.67. The fourth-order valence-electron chi connectivity index (χ4n) is 1.22. The van der Waals surface area contributed by atoms with Gasteiger partial charge in [-0.05, 0) is 54.1 Å². The number of nitrogens with two attached hydrogens (primary N) is 1. The van der Waals surface area contributed by atoms with E-state index in [1.807, 2.05) is 24.3 Å². The second-order valence-corrected chi connectivity index (χ2v) is 4.47. The number of nitrogen functional groups attached to an aromatic ring is 1. The Morgan fingerprint density at radius 3 is 2.93 bits per heavy atom. The average molecular weight is 302 g/mol. The Morgan fingerprint density at radius 1 is 1.64 bits per heavy atom. The van der Waals surface area contributed by atoms with Crippen molar-refractivity contribution in [1.29, 1.82) is 0 Å². The topological polar surface area (TPSA) is 38.0 Å². The first kappa shape index (κ1) is 11.4. The molecule has 1 atom stereocenters. The van der Waals surface area contributed by atoms with Crippen LogP contribution in [-0.4, -0.2) is 6.04 Å². The number of benzene rings is 1. The Hall–Kier alpha value is -0.710. The molecule has 76 valence electrons. The number of nitrogens with one attached hydrogen (secondary N) is 1. The van der Waals surface area contributed by atoms with Gasteiger partial charge in [0.05, 0.1) is 0 Å². The molecular formula is C11H15IN2. The van der Waals surface area contributed by atoms with Gasteiger partial charge in [-0.1, -0.05) is 6.08 Å². The summed E-state index contributed by atoms with van der Waals surface area (Å²) in [5.74, 6) is 0. The lowest BCUT2D eigenvalue weighted by Crippen LogP contribution is -2.14. The molecule has 1 unspecified atom stereocenters. The predicted octanol–water partition coefficient (Wildman–Crippen LogP) is 3.25. The number of rotatable bonds is 4. The summed E-state index contributed by atoms with van der Waals surface area (Å²) in [4.78, 5) is 0. The molecule has 1 rings (SSSR count). The second kappa shape index (κ2) is 5.24. The van der Waals surface area contributed by atoms with Gasteiger partial charge < -0.3 is 11.1 Å². The molecule has 1 aromatic carbocycles. The molecule has 0 fully saturated rings. The summed E-state index contributed by atoms with van der Waals surface area (Å²) in [6, 6.07) is 6.29. The largest absolute Gasteiger partial charge is 0.399 e. The molecule has 0 heterocycles. The summed E-state index contributed by atoms with van der Waals surface area (Å²) in [5.41, 5.74) is 7.60. The van der Waals surface area contributed by atoms with Crippen molar-refractivity contribution < 1.29 is 0 Å². The van der Waals surface area contributed by atoms with Gasteiger partial charge in [-0.15, -0.1) is 6.58 Å². The molecule has 0 saturated carbocycles. The first-order chi connectivity index (χ1) is 6.63. The van der Waals surface area contributed by atoms with Crippen molar-refractivity contribution in [2.75, 3.05) is 11.1 Å². The minimum absolute atomic E-state index is 0.407. The summed E-state index contributed by atoms with van der Waals surface area (Å²) < 4.78 is 1.15. The third-order valence-corrected chi connectivity index (χ3v) is 2.81. The lowest BCUT2D eigenvalue weighted by Gasteiger charge is -2.14. The Kier molecular flexibility index (Phi) is 4.25. The van der Waals surface area contributed by atoms with E-state index in [4.69, 9.17) is 5.73 Å². The molecule has 0 aliphatic heterocycles. The van der Waals surface area contributed by atoms with Crippen molar-refractivity contribution in [2.45, 2.75) is 19.4 Å². The third kappa shape index (κ3) is 3.21. The van der Waals surface area contributed by atoms with E-state index in [-0.39, 0.29) is 0 Å². The Bertz CT molecular complexity index is 323. The summed E-state index contributed by atoms with van der Waals surface area (Å²) in [6.07, 6.45) is 2.88. The van der Waals surface area contributed by atoms with E-state index >= 15 is 0 Å². The van der Waals surface area contributed by atoms with Gasteiger partial charge in [-0.25, -0.2) is 0 Å². The first-order valence-corrected chi connectivity index (χ1v) is 5.64. The van der Waals surface area contributed by atoms with Crippen LogP contribution in [-0.2, 0) is 0 Å². The van der Waals surface area contributed by atoms with Gasteiger partial charge in [0.15, 0.2) is 0 Å². The van der Waals surface area contributed by atoms with E-state index in [1.165, 1.54) is 0 Å². The van der Waals surface area contributed by atoms with Crippen molar-refractivity contribution in [2.24, 2.45) is 0 Å². The van der Waals surface area contributed by atoms with Crippen LogP contribution in [0.15, 0.2) is 30.9 Å². The van der Waals surface area contributed by atoms with Crippen LogP contribution in [0.3, 0.4) is 0 Å². The highest BCUT2D eigenvalue weighted by Gasteiger charge is 2.03. The molecule has 3 heteroatoms. The fraction of sp³-hybridized carbons (Fsp3) is 0.273. The highest BCUT2D eigenvalue weighted by atomic mass is 127. The van der Waals surface area contributed by atoms with Gasteiger partial charge in [-0.2, -0.15) is 0 Å². The highest BCUT2D eigenvalue weighted by molar-refractivity contribution is 14.1. The van der Waals surface area contributed by atoms with Gasteiger partial charge in [0.2, 0.25) is 0 Å². The SMILES string of the molecule is C=CCC(C)Nc1ccc(N)cc1I. The zero-order valence-electron chi connectivity index (χ0n) is 8.26. The van der Waals surface area contributed by atoms with Gasteiger partial charge >= 0.3 is 0 Å². The van der Waals surface area contributed by atoms with Crippen LogP contribution >= 0.6 is 22.6 Å². The van der Waals surface area contributed by atoms with E-state index in [9.17, 15) is 0 Å². The number of halogens is 1. The van der Waals surface area contributed by atoms with Crippen LogP contribution in [0, 0.1) is 3.57 Å². The van der Waals surface area contributed by atoms with Crippen LogP contribution in [0.1, 0.15) is 13.3 Å². The fourth-order valence-corrected chi connectivity index (χ4v) is 1.92. The van der Waals surface area contributed by atoms with E-state index in [0.29, 0.717) is 6.04 Å². The molecular weight excluding hydrogens is 287 g/mol. The summed E-state index contributed by atoms with van der Waals surface area (Å²) >= 11 is 2.28. The lowest BCUT2D eigenvalue weighted by atomic mass is 10.2. The molecule has 0 spiro atoms. The highest BCUT2D eigenvalue weighted by Crippen LogP contribution is 2.21. The van der Waals surface area contributed by atoms with Crippen molar-refractivity contribution >= 4 is 34.0 Å². The van der Waals surface area contributed by atoms with Gasteiger partial charge in [0.25, 0.3) is 0 Å². The molecule has 0 aromatic heterocycles. The van der Waals surface area contributed by atoms with Crippen LogP contribution < -0.4 is 11.1 Å². The van der Waals surface area contributed by atoms with E-state index in [2.05, 4.69) is 41.4 Å². The average Bonchev–Trinajstić information content (AvgIpc) is 2.10. The Balaban J connectivity index is 2.71. The summed E-state index contributed by atoms with van der Waals surface area (Å²) in [5, 5.41) is 3.40. The molecule has 2 nitrogen and oxygen atoms in total. The number of anilines is 2. The molecule has 0 aliphatic carbocycles. The zero-order valence-corrected chi connectivity index (χ0v) is 10.4. The molecule has 1 aromatic rings. The molecule has 0 bridgehead atoms. The molecule has 0 saturated heterocycles. The van der Waals surface area contributed by atoms with Crippen LogP contribution in [0.2, 0.25) is 0 Å². The smallest absolute Gasteiger partial charge is 0.0479 e. The molecule has 0 amide bonds. The van der Waals surface area contributed by atoms with Gasteiger partial charge in [0.1, 0.15) is 0 Å². The maximum Gasteiger partial charge on any atom is 0.0479 e. The van der Waals surface area contributed by atoms with E-state index in [0.717, 1.165) is 21.4 Å². The second-order valence-electron chi connectivity index (χ2n) is 3.31. The molecule has 14 heavy (non-hydrogen) atoms. The number of hydrogen-bond acceptors (Lipinski definition) is 2. The minimum atomic E-state index is 0.407. The summed E-state index contributed by atoms with van der Waals surface area (Å²) in [6.45, 7) is 5.85. The molecule has 3 N–H and O–H groups in total. The molecule has 0 aliphatic rings. The van der Waals surface area contributed by atoms with Crippen LogP contribution in [0.4, 0.5) is 11.4 Å². The van der Waals surface area contributed by atoms with Crippen LogP contribution in [0.25, 0.3) is 0 Å². The van der Waals surface area contributed by atoms with Gasteiger partial charge in [0, 0.05) is 21.0 Å². The van der Waals surface area contributed by atoms with Gasteiger partial charge in [-0.3, -0.25) is 0 Å². The Labute approximate surface area is 98.7 Å². The number of hydrogen-bond donors (Lipinski definition) is 2. The lowest BCUT2D eigenvalue weighted by molar-refractivity contribution is 0.813. The normalized spacial score (nSPS) is 12.1. The third-order valence-electron chi connectivity index (χ3n) is 1.92. The van der Waals surface area contributed by atoms with Crippen molar-refractivity contribution in [3.63, 3.8) is 0 Å². The van der Waals surface area contributed by atoms with Crippen molar-refractivity contribution in [3.05, 3.63) is 34.4 Å². The predicted molar refractivity (Wildman–Crippen MR) is 71.5 cm³/mol. The van der Waals surface area contributed by atoms with Crippen molar-refractivity contribution in [3.8, 4) is 0 Å². The maximum absolute atomic E-state index is 5.67. The van der Waals surface area contributed by atoms with Crippen molar-refractivity contribution in [1.82, 2.24) is 0 Å².